The molecule has 0 bridgehead atoms. The number of urea groups is 1. The van der Waals surface area contributed by atoms with Crippen LogP contribution in [0.25, 0.3) is 6.08 Å². The number of carbonyl (C=O) groups excluding carboxylic acids is 2. The maximum Gasteiger partial charge on any atom is 0.329 e. The van der Waals surface area contributed by atoms with Crippen LogP contribution in [-0.2, 0) is 17.9 Å². The normalized spacial score (nSPS) is 14.7. The minimum Gasteiger partial charge on any atom is -0.486 e. The van der Waals surface area contributed by atoms with Crippen LogP contribution in [0.2, 0.25) is 10.0 Å². The van der Waals surface area contributed by atoms with Crippen LogP contribution in [0.3, 0.4) is 0 Å². The fourth-order valence-corrected chi connectivity index (χ4v) is 4.07. The van der Waals surface area contributed by atoms with E-state index in [1.807, 2.05) is 24.3 Å². The predicted octanol–water partition coefficient (Wildman–Crippen LogP) is 6.57. The highest BCUT2D eigenvalue weighted by Gasteiger charge is 2.33. The summed E-state index contributed by atoms with van der Waals surface area (Å²) in [7, 11) is 0. The monoisotopic (exact) mass is 548 g/mol. The van der Waals surface area contributed by atoms with Crippen molar-refractivity contribution in [2.75, 3.05) is 0 Å². The van der Waals surface area contributed by atoms with E-state index in [1.54, 1.807) is 12.1 Å². The zero-order chi connectivity index (χ0) is 23.5. The topological polar surface area (TPSA) is 58.6 Å². The number of carbonyl (C=O) groups is 2. The molecule has 1 saturated heterocycles. The number of hydrogen-bond donors (Lipinski definition) is 1. The smallest absolute Gasteiger partial charge is 0.329 e. The second kappa shape index (κ2) is 9.95. The second-order valence-corrected chi connectivity index (χ2v) is 8.96. The fourth-order valence-electron chi connectivity index (χ4n) is 3.19. The van der Waals surface area contributed by atoms with Gasteiger partial charge in [-0.3, -0.25) is 9.69 Å². The first-order chi connectivity index (χ1) is 15.8. The van der Waals surface area contributed by atoms with Gasteiger partial charge in [0.15, 0.2) is 5.75 Å². The van der Waals surface area contributed by atoms with Gasteiger partial charge in [-0.1, -0.05) is 63.4 Å². The van der Waals surface area contributed by atoms with Crippen molar-refractivity contribution in [3.63, 3.8) is 0 Å². The summed E-state index contributed by atoms with van der Waals surface area (Å²) < 4.78 is 19.8. The molecule has 0 spiro atoms. The van der Waals surface area contributed by atoms with Crippen molar-refractivity contribution < 1.29 is 18.7 Å². The summed E-state index contributed by atoms with van der Waals surface area (Å²) in [6.07, 6.45) is 1.49. The largest absolute Gasteiger partial charge is 0.486 e. The standard InChI is InChI=1S/C24H16BrCl2FN2O3/c25-17-5-1-15(2-6-17)13-33-22-19(26)9-16(10-20(22)27)11-21-23(31)30(24(32)29-21)12-14-3-7-18(28)8-4-14/h1-11H,12-13H2,(H,29,32)/b21-11+. The molecule has 0 radical (unpaired) electrons. The van der Waals surface area contributed by atoms with Crippen LogP contribution in [-0.4, -0.2) is 16.8 Å². The third-order valence-corrected chi connectivity index (χ3v) is 5.93. The van der Waals surface area contributed by atoms with E-state index in [0.717, 1.165) is 14.9 Å². The van der Waals surface area contributed by atoms with Gasteiger partial charge in [0.1, 0.15) is 18.1 Å². The number of nitrogens with zero attached hydrogens (tertiary/aromatic N) is 1. The summed E-state index contributed by atoms with van der Waals surface area (Å²) in [5, 5.41) is 3.08. The lowest BCUT2D eigenvalue weighted by atomic mass is 10.1. The number of ether oxygens (including phenoxy) is 1. The highest BCUT2D eigenvalue weighted by atomic mass is 79.9. The van der Waals surface area contributed by atoms with Crippen LogP contribution in [0.15, 0.2) is 70.8 Å². The maximum absolute atomic E-state index is 13.1. The highest BCUT2D eigenvalue weighted by Crippen LogP contribution is 2.35. The Morgan fingerprint density at radius 3 is 2.21 bits per heavy atom. The third-order valence-electron chi connectivity index (χ3n) is 4.84. The summed E-state index contributed by atoms with van der Waals surface area (Å²) in [6, 6.07) is 15.8. The molecule has 1 N–H and O–H groups in total. The molecule has 3 amide bonds. The molecule has 168 valence electrons. The molecule has 3 aromatic rings. The lowest BCUT2D eigenvalue weighted by molar-refractivity contribution is -0.123. The van der Waals surface area contributed by atoms with Crippen molar-refractivity contribution in [3.8, 4) is 5.75 Å². The lowest BCUT2D eigenvalue weighted by Crippen LogP contribution is -2.30. The average Bonchev–Trinajstić information content (AvgIpc) is 3.03. The third kappa shape index (κ3) is 5.55. The molecular formula is C24H16BrCl2FN2O3. The van der Waals surface area contributed by atoms with Gasteiger partial charge in [0.25, 0.3) is 5.91 Å². The van der Waals surface area contributed by atoms with Crippen LogP contribution in [0.5, 0.6) is 5.75 Å². The number of rotatable bonds is 6. The van der Waals surface area contributed by atoms with E-state index in [4.69, 9.17) is 27.9 Å². The van der Waals surface area contributed by atoms with Crippen LogP contribution < -0.4 is 10.1 Å². The molecule has 0 saturated carbocycles. The Morgan fingerprint density at radius 1 is 0.970 bits per heavy atom. The molecule has 1 heterocycles. The average molecular weight is 550 g/mol. The van der Waals surface area contributed by atoms with Crippen LogP contribution in [0, 0.1) is 5.82 Å². The van der Waals surface area contributed by atoms with Crippen molar-refractivity contribution in [3.05, 3.63) is 103 Å². The van der Waals surface area contributed by atoms with Crippen molar-refractivity contribution in [2.45, 2.75) is 13.2 Å². The Morgan fingerprint density at radius 2 is 1.58 bits per heavy atom. The molecule has 1 fully saturated rings. The molecule has 1 aliphatic heterocycles. The molecule has 0 atom stereocenters. The fraction of sp³-hybridized carbons (Fsp3) is 0.0833. The number of amides is 3. The number of hydrogen-bond acceptors (Lipinski definition) is 3. The van der Waals surface area contributed by atoms with E-state index in [0.29, 0.717) is 16.9 Å². The Labute approximate surface area is 207 Å². The van der Waals surface area contributed by atoms with Crippen molar-refractivity contribution in [1.82, 2.24) is 10.2 Å². The van der Waals surface area contributed by atoms with Crippen LogP contribution >= 0.6 is 39.1 Å². The Hall–Kier alpha value is -2.87. The summed E-state index contributed by atoms with van der Waals surface area (Å²) in [4.78, 5) is 26.0. The molecule has 3 aromatic carbocycles. The number of benzene rings is 3. The minimum atomic E-state index is -0.567. The first-order valence-electron chi connectivity index (χ1n) is 9.75. The van der Waals surface area contributed by atoms with E-state index >= 15 is 0 Å². The first kappa shape index (κ1) is 23.3. The SMILES string of the molecule is O=C1N/C(=C/c2cc(Cl)c(OCc3ccc(Br)cc3)c(Cl)c2)C(=O)N1Cc1ccc(F)cc1. The van der Waals surface area contributed by atoms with E-state index in [1.165, 1.54) is 30.3 Å². The summed E-state index contributed by atoms with van der Waals surface area (Å²) >= 11 is 16.1. The van der Waals surface area contributed by atoms with Crippen molar-refractivity contribution in [2.24, 2.45) is 0 Å². The van der Waals surface area contributed by atoms with E-state index < -0.39 is 17.8 Å². The van der Waals surface area contributed by atoms with Gasteiger partial charge in [-0.15, -0.1) is 0 Å². The molecule has 0 aliphatic carbocycles. The molecule has 4 rings (SSSR count). The van der Waals surface area contributed by atoms with Crippen LogP contribution in [0.1, 0.15) is 16.7 Å². The van der Waals surface area contributed by atoms with Gasteiger partial charge in [-0.2, -0.15) is 0 Å². The van der Waals surface area contributed by atoms with Gasteiger partial charge in [0, 0.05) is 4.47 Å². The first-order valence-corrected chi connectivity index (χ1v) is 11.3. The Balaban J connectivity index is 1.49. The summed E-state index contributed by atoms with van der Waals surface area (Å²) in [6.45, 7) is 0.298. The molecule has 1 aliphatic rings. The van der Waals surface area contributed by atoms with E-state index in [9.17, 15) is 14.0 Å². The molecule has 0 aromatic heterocycles. The van der Waals surface area contributed by atoms with E-state index in [-0.39, 0.29) is 28.9 Å². The zero-order valence-corrected chi connectivity index (χ0v) is 20.0. The van der Waals surface area contributed by atoms with Gasteiger partial charge in [-0.25, -0.2) is 9.18 Å². The van der Waals surface area contributed by atoms with Crippen molar-refractivity contribution in [1.29, 1.82) is 0 Å². The maximum atomic E-state index is 13.1. The molecule has 33 heavy (non-hydrogen) atoms. The summed E-state index contributed by atoms with van der Waals surface area (Å²) in [5.41, 5.74) is 2.17. The molecule has 0 unspecified atom stereocenters. The number of nitrogens with one attached hydrogen (secondary N) is 1. The van der Waals surface area contributed by atoms with Gasteiger partial charge in [0.05, 0.1) is 16.6 Å². The molecule has 9 heteroatoms. The quantitative estimate of drug-likeness (QED) is 0.279. The highest BCUT2D eigenvalue weighted by molar-refractivity contribution is 9.10. The minimum absolute atomic E-state index is 0.0205. The van der Waals surface area contributed by atoms with Gasteiger partial charge in [0.2, 0.25) is 0 Å². The predicted molar refractivity (Wildman–Crippen MR) is 128 cm³/mol. The number of halogens is 4. The Kier molecular flexibility index (Phi) is 7.02. The van der Waals surface area contributed by atoms with Gasteiger partial charge >= 0.3 is 6.03 Å². The van der Waals surface area contributed by atoms with Crippen molar-refractivity contribution >= 4 is 57.1 Å². The van der Waals surface area contributed by atoms with Gasteiger partial charge < -0.3 is 10.1 Å². The van der Waals surface area contributed by atoms with E-state index in [2.05, 4.69) is 21.2 Å². The summed E-state index contributed by atoms with van der Waals surface area (Å²) in [5.74, 6) is -0.579. The Bertz CT molecular complexity index is 1220. The molecular weight excluding hydrogens is 534 g/mol. The second-order valence-electron chi connectivity index (χ2n) is 7.23. The lowest BCUT2D eigenvalue weighted by Gasteiger charge is -2.12. The van der Waals surface area contributed by atoms with Crippen LogP contribution in [0.4, 0.5) is 9.18 Å². The number of imide groups is 1. The van der Waals surface area contributed by atoms with Gasteiger partial charge in [-0.05, 0) is 59.2 Å². The molecule has 5 nitrogen and oxygen atoms in total. The zero-order valence-electron chi connectivity index (χ0n) is 16.9.